The summed E-state index contributed by atoms with van der Waals surface area (Å²) in [5.74, 6) is -0.151. The first kappa shape index (κ1) is 20.8. The molecule has 1 aliphatic heterocycles. The third-order valence-corrected chi connectivity index (χ3v) is 5.82. The van der Waals surface area contributed by atoms with Gasteiger partial charge in [-0.05, 0) is 50.1 Å². The molecule has 4 rings (SSSR count). The molecule has 1 N–H and O–H groups in total. The third-order valence-electron chi connectivity index (χ3n) is 5.82. The summed E-state index contributed by atoms with van der Waals surface area (Å²) in [5, 5.41) is 2.93. The SMILES string of the molecule is COc1ccc(OC)c([C@@H]2C3=C(CCCC3=O)N=C(C)C2C(=O)Nc2cccnc2)c1. The van der Waals surface area contributed by atoms with E-state index in [-0.39, 0.29) is 11.7 Å². The normalized spacial score (nSPS) is 20.6. The molecule has 0 saturated heterocycles. The summed E-state index contributed by atoms with van der Waals surface area (Å²) in [6.45, 7) is 1.84. The van der Waals surface area contributed by atoms with Crippen LogP contribution in [0.1, 0.15) is 37.7 Å². The van der Waals surface area contributed by atoms with Gasteiger partial charge in [0.05, 0.1) is 32.0 Å². The molecule has 7 heteroatoms. The minimum absolute atomic E-state index is 0.0338. The predicted molar refractivity (Wildman–Crippen MR) is 118 cm³/mol. The average Bonchev–Trinajstić information content (AvgIpc) is 2.78. The molecule has 7 nitrogen and oxygen atoms in total. The highest BCUT2D eigenvalue weighted by atomic mass is 16.5. The summed E-state index contributed by atoms with van der Waals surface area (Å²) in [7, 11) is 3.17. The molecule has 2 aromatic rings. The van der Waals surface area contributed by atoms with Crippen molar-refractivity contribution in [1.82, 2.24) is 4.98 Å². The first-order chi connectivity index (χ1) is 15.0. The van der Waals surface area contributed by atoms with Crippen LogP contribution in [0.15, 0.2) is 59.0 Å². The third kappa shape index (κ3) is 3.95. The smallest absolute Gasteiger partial charge is 0.234 e. The molecule has 0 spiro atoms. The van der Waals surface area contributed by atoms with E-state index >= 15 is 0 Å². The number of rotatable bonds is 5. The minimum Gasteiger partial charge on any atom is -0.497 e. The molecule has 0 fully saturated rings. The Labute approximate surface area is 181 Å². The second-order valence-corrected chi connectivity index (χ2v) is 7.68. The summed E-state index contributed by atoms with van der Waals surface area (Å²) in [4.78, 5) is 35.3. The quantitative estimate of drug-likeness (QED) is 0.793. The summed E-state index contributed by atoms with van der Waals surface area (Å²) >= 11 is 0. The van der Waals surface area contributed by atoms with E-state index in [0.717, 1.165) is 24.1 Å². The Morgan fingerprint density at radius 1 is 1.16 bits per heavy atom. The molecule has 2 aliphatic rings. The van der Waals surface area contributed by atoms with E-state index in [1.54, 1.807) is 50.9 Å². The van der Waals surface area contributed by atoms with E-state index < -0.39 is 11.8 Å². The van der Waals surface area contributed by atoms with Crippen LogP contribution in [0.3, 0.4) is 0 Å². The van der Waals surface area contributed by atoms with Gasteiger partial charge in [0.25, 0.3) is 0 Å². The number of carbonyl (C=O) groups excluding carboxylic acids is 2. The zero-order valence-corrected chi connectivity index (χ0v) is 17.8. The Balaban J connectivity index is 1.85. The van der Waals surface area contributed by atoms with Gasteiger partial charge in [0.1, 0.15) is 11.5 Å². The number of ether oxygens (including phenoxy) is 2. The fourth-order valence-corrected chi connectivity index (χ4v) is 4.42. The highest BCUT2D eigenvalue weighted by Crippen LogP contribution is 2.46. The van der Waals surface area contributed by atoms with Crippen molar-refractivity contribution in [1.29, 1.82) is 0 Å². The van der Waals surface area contributed by atoms with Crippen molar-refractivity contribution in [2.24, 2.45) is 10.9 Å². The van der Waals surface area contributed by atoms with E-state index in [4.69, 9.17) is 14.5 Å². The number of nitrogens with one attached hydrogen (secondary N) is 1. The number of nitrogens with zero attached hydrogens (tertiary/aromatic N) is 2. The first-order valence-corrected chi connectivity index (χ1v) is 10.3. The van der Waals surface area contributed by atoms with Crippen molar-refractivity contribution in [2.75, 3.05) is 19.5 Å². The number of methoxy groups -OCH3 is 2. The van der Waals surface area contributed by atoms with Crippen LogP contribution in [-0.4, -0.2) is 36.6 Å². The summed E-state index contributed by atoms with van der Waals surface area (Å²) in [5.41, 5.74) is 3.38. The number of aliphatic imine (C=N–C) groups is 1. The summed E-state index contributed by atoms with van der Waals surface area (Å²) in [6.07, 6.45) is 5.17. The van der Waals surface area contributed by atoms with Gasteiger partial charge >= 0.3 is 0 Å². The van der Waals surface area contributed by atoms with Crippen LogP contribution in [0, 0.1) is 5.92 Å². The molecule has 2 heterocycles. The second kappa shape index (κ2) is 8.71. The number of anilines is 1. The zero-order chi connectivity index (χ0) is 22.0. The van der Waals surface area contributed by atoms with Crippen molar-refractivity contribution >= 4 is 23.1 Å². The number of pyridine rings is 1. The number of hydrogen-bond acceptors (Lipinski definition) is 6. The maximum atomic E-state index is 13.5. The Morgan fingerprint density at radius 3 is 2.71 bits per heavy atom. The van der Waals surface area contributed by atoms with Gasteiger partial charge in [0.15, 0.2) is 5.78 Å². The number of carbonyl (C=O) groups is 2. The van der Waals surface area contributed by atoms with Gasteiger partial charge in [-0.15, -0.1) is 0 Å². The van der Waals surface area contributed by atoms with E-state index in [1.807, 2.05) is 13.0 Å². The molecule has 0 saturated carbocycles. The predicted octanol–water partition coefficient (Wildman–Crippen LogP) is 3.92. The van der Waals surface area contributed by atoms with E-state index in [0.29, 0.717) is 34.9 Å². The van der Waals surface area contributed by atoms with Crippen LogP contribution in [0.5, 0.6) is 11.5 Å². The highest BCUT2D eigenvalue weighted by molar-refractivity contribution is 6.13. The molecular weight excluding hydrogens is 394 g/mol. The van der Waals surface area contributed by atoms with E-state index in [1.165, 1.54) is 0 Å². The topological polar surface area (TPSA) is 89.9 Å². The Morgan fingerprint density at radius 2 is 2.00 bits per heavy atom. The number of aromatic nitrogens is 1. The van der Waals surface area contributed by atoms with Gasteiger partial charge in [-0.3, -0.25) is 19.6 Å². The van der Waals surface area contributed by atoms with Gasteiger partial charge in [-0.1, -0.05) is 0 Å². The standard InChI is InChI=1S/C24H25N3O4/c1-14-21(24(29)27-15-6-5-11-25-13-15)22(23-18(26-14)7-4-8-19(23)28)17-12-16(30-2)9-10-20(17)31-3/h5-6,9-13,21-22H,4,7-8H2,1-3H3,(H,27,29)/t21?,22-/m0/s1. The second-order valence-electron chi connectivity index (χ2n) is 7.68. The van der Waals surface area contributed by atoms with Crippen LogP contribution in [-0.2, 0) is 9.59 Å². The number of Topliss-reactive ketones (excluding diaryl/α,β-unsaturated/α-hetero) is 1. The lowest BCUT2D eigenvalue weighted by Crippen LogP contribution is -2.39. The molecule has 160 valence electrons. The van der Waals surface area contributed by atoms with Crippen molar-refractivity contribution in [2.45, 2.75) is 32.1 Å². The lowest BCUT2D eigenvalue weighted by Gasteiger charge is -2.35. The Hall–Kier alpha value is -3.48. The number of hydrogen-bond donors (Lipinski definition) is 1. The summed E-state index contributed by atoms with van der Waals surface area (Å²) in [6, 6.07) is 8.98. The molecule has 2 atom stereocenters. The van der Waals surface area contributed by atoms with E-state index in [9.17, 15) is 9.59 Å². The first-order valence-electron chi connectivity index (χ1n) is 10.3. The van der Waals surface area contributed by atoms with Gasteiger partial charge in [-0.25, -0.2) is 0 Å². The Kier molecular flexibility index (Phi) is 5.84. The zero-order valence-electron chi connectivity index (χ0n) is 17.8. The maximum absolute atomic E-state index is 13.5. The number of ketones is 1. The molecular formula is C24H25N3O4. The largest absolute Gasteiger partial charge is 0.497 e. The number of benzene rings is 1. The van der Waals surface area contributed by atoms with Crippen LogP contribution < -0.4 is 14.8 Å². The molecule has 1 amide bonds. The van der Waals surface area contributed by atoms with Crippen LogP contribution in [0.2, 0.25) is 0 Å². The highest BCUT2D eigenvalue weighted by Gasteiger charge is 2.43. The number of amides is 1. The van der Waals surface area contributed by atoms with Crippen LogP contribution in [0.4, 0.5) is 5.69 Å². The van der Waals surface area contributed by atoms with Crippen LogP contribution in [0.25, 0.3) is 0 Å². The molecule has 1 aromatic heterocycles. The fraction of sp³-hybridized carbons (Fsp3) is 0.333. The molecule has 0 radical (unpaired) electrons. The minimum atomic E-state index is -0.665. The van der Waals surface area contributed by atoms with Crippen molar-refractivity contribution < 1.29 is 19.1 Å². The van der Waals surface area contributed by atoms with Gasteiger partial charge in [-0.2, -0.15) is 0 Å². The average molecular weight is 419 g/mol. The molecule has 31 heavy (non-hydrogen) atoms. The lowest BCUT2D eigenvalue weighted by atomic mass is 9.71. The number of allylic oxidation sites excluding steroid dienone is 2. The molecule has 1 unspecified atom stereocenters. The summed E-state index contributed by atoms with van der Waals surface area (Å²) < 4.78 is 11.1. The molecule has 1 aliphatic carbocycles. The monoisotopic (exact) mass is 419 g/mol. The van der Waals surface area contributed by atoms with Crippen molar-refractivity contribution in [3.8, 4) is 11.5 Å². The van der Waals surface area contributed by atoms with Crippen LogP contribution >= 0.6 is 0 Å². The van der Waals surface area contributed by atoms with E-state index in [2.05, 4.69) is 10.3 Å². The fourth-order valence-electron chi connectivity index (χ4n) is 4.42. The molecule has 1 aromatic carbocycles. The van der Waals surface area contributed by atoms with Gasteiger partial charge < -0.3 is 14.8 Å². The van der Waals surface area contributed by atoms with Crippen molar-refractivity contribution in [3.63, 3.8) is 0 Å². The maximum Gasteiger partial charge on any atom is 0.234 e. The lowest BCUT2D eigenvalue weighted by molar-refractivity contribution is -0.119. The van der Waals surface area contributed by atoms with Gasteiger partial charge in [0, 0.05) is 41.1 Å². The Bertz CT molecular complexity index is 1080. The van der Waals surface area contributed by atoms with Gasteiger partial charge in [0.2, 0.25) is 5.91 Å². The molecule has 0 bridgehead atoms. The van der Waals surface area contributed by atoms with Crippen molar-refractivity contribution in [3.05, 3.63) is 59.6 Å².